The van der Waals surface area contributed by atoms with Crippen LogP contribution in [-0.2, 0) is 4.79 Å². The van der Waals surface area contributed by atoms with E-state index in [4.69, 9.17) is 5.11 Å². The molecular formula is C13H13FN2O5. The van der Waals surface area contributed by atoms with E-state index in [-0.39, 0.29) is 31.5 Å². The number of carbonyl (C=O) groups is 2. The van der Waals surface area contributed by atoms with E-state index in [1.165, 1.54) is 4.90 Å². The molecule has 1 aliphatic rings. The highest BCUT2D eigenvalue weighted by atomic mass is 19.1. The van der Waals surface area contributed by atoms with Crippen molar-refractivity contribution in [2.75, 3.05) is 13.1 Å². The first-order chi connectivity index (χ1) is 9.90. The van der Waals surface area contributed by atoms with Gasteiger partial charge in [0, 0.05) is 19.2 Å². The third-order valence-electron chi connectivity index (χ3n) is 3.52. The summed E-state index contributed by atoms with van der Waals surface area (Å²) in [7, 11) is 0. The molecule has 8 heteroatoms. The zero-order chi connectivity index (χ0) is 15.6. The van der Waals surface area contributed by atoms with Crippen LogP contribution in [0.1, 0.15) is 23.2 Å². The minimum Gasteiger partial charge on any atom is -0.481 e. The second-order valence-corrected chi connectivity index (χ2v) is 4.82. The Morgan fingerprint density at radius 3 is 2.48 bits per heavy atom. The van der Waals surface area contributed by atoms with Crippen LogP contribution < -0.4 is 0 Å². The van der Waals surface area contributed by atoms with Gasteiger partial charge >= 0.3 is 5.97 Å². The molecule has 0 radical (unpaired) electrons. The monoisotopic (exact) mass is 296 g/mol. The highest BCUT2D eigenvalue weighted by Crippen LogP contribution is 2.24. The van der Waals surface area contributed by atoms with Crippen LogP contribution in [0.15, 0.2) is 18.2 Å². The van der Waals surface area contributed by atoms with Crippen molar-refractivity contribution in [2.24, 2.45) is 5.92 Å². The third-order valence-corrected chi connectivity index (χ3v) is 3.52. The van der Waals surface area contributed by atoms with Crippen LogP contribution in [0.2, 0.25) is 0 Å². The average Bonchev–Trinajstić information content (AvgIpc) is 2.46. The van der Waals surface area contributed by atoms with Gasteiger partial charge in [0.05, 0.1) is 10.8 Å². The lowest BCUT2D eigenvalue weighted by Gasteiger charge is -2.30. The zero-order valence-electron chi connectivity index (χ0n) is 11.0. The maximum atomic E-state index is 13.2. The molecule has 1 saturated heterocycles. The molecule has 1 heterocycles. The second-order valence-electron chi connectivity index (χ2n) is 4.82. The van der Waals surface area contributed by atoms with Gasteiger partial charge in [-0.05, 0) is 25.0 Å². The molecule has 7 nitrogen and oxygen atoms in total. The number of carbonyl (C=O) groups excluding carboxylic acids is 1. The SMILES string of the molecule is O=C(O)C1CCN(C(=O)c2cc(F)ccc2[N+](=O)[O-])CC1. The van der Waals surface area contributed by atoms with Gasteiger partial charge in [0.25, 0.3) is 11.6 Å². The number of halogens is 1. The van der Waals surface area contributed by atoms with Gasteiger partial charge < -0.3 is 10.0 Å². The zero-order valence-corrected chi connectivity index (χ0v) is 11.0. The summed E-state index contributed by atoms with van der Waals surface area (Å²) in [4.78, 5) is 34.6. The predicted octanol–water partition coefficient (Wildman–Crippen LogP) is 1.67. The van der Waals surface area contributed by atoms with Gasteiger partial charge in [-0.1, -0.05) is 0 Å². The summed E-state index contributed by atoms with van der Waals surface area (Å²) in [6.45, 7) is 0.368. The van der Waals surface area contributed by atoms with Crippen LogP contribution in [-0.4, -0.2) is 39.9 Å². The molecule has 0 saturated carbocycles. The Labute approximate surface area is 119 Å². The molecule has 0 aromatic heterocycles. The number of nitrogens with zero attached hydrogens (tertiary/aromatic N) is 2. The Kier molecular flexibility index (Phi) is 4.15. The number of likely N-dealkylation sites (tertiary alicyclic amines) is 1. The van der Waals surface area contributed by atoms with Crippen molar-refractivity contribution in [3.05, 3.63) is 39.7 Å². The number of carboxylic acids is 1. The molecule has 0 spiro atoms. The number of aliphatic carboxylic acids is 1. The lowest BCUT2D eigenvalue weighted by Crippen LogP contribution is -2.40. The minimum absolute atomic E-state index is 0.184. The number of benzene rings is 1. The topological polar surface area (TPSA) is 101 Å². The van der Waals surface area contributed by atoms with E-state index in [1.807, 2.05) is 0 Å². The van der Waals surface area contributed by atoms with Gasteiger partial charge in [0.1, 0.15) is 11.4 Å². The van der Waals surface area contributed by atoms with Gasteiger partial charge in [0.2, 0.25) is 0 Å². The summed E-state index contributed by atoms with van der Waals surface area (Å²) in [5.41, 5.74) is -0.768. The van der Waals surface area contributed by atoms with Crippen LogP contribution in [0.3, 0.4) is 0 Å². The third kappa shape index (κ3) is 3.15. The number of hydrogen-bond acceptors (Lipinski definition) is 4. The Morgan fingerprint density at radius 2 is 1.95 bits per heavy atom. The fraction of sp³-hybridized carbons (Fsp3) is 0.385. The summed E-state index contributed by atoms with van der Waals surface area (Å²) in [6, 6.07) is 2.71. The van der Waals surface area contributed by atoms with Crippen LogP contribution in [0.25, 0.3) is 0 Å². The van der Waals surface area contributed by atoms with Crippen LogP contribution in [0, 0.1) is 21.8 Å². The molecule has 0 aliphatic carbocycles. The lowest BCUT2D eigenvalue weighted by atomic mass is 9.96. The van der Waals surface area contributed by atoms with Crippen molar-refractivity contribution >= 4 is 17.6 Å². The second kappa shape index (κ2) is 5.86. The summed E-state index contributed by atoms with van der Waals surface area (Å²) in [6.07, 6.45) is 0.564. The standard InChI is InChI=1S/C13H13FN2O5/c14-9-1-2-11(16(20)21)10(7-9)12(17)15-5-3-8(4-6-15)13(18)19/h1-2,7-8H,3-6H2,(H,18,19). The number of rotatable bonds is 3. The fourth-order valence-electron chi connectivity index (χ4n) is 2.34. The predicted molar refractivity (Wildman–Crippen MR) is 69.3 cm³/mol. The fourth-order valence-corrected chi connectivity index (χ4v) is 2.34. The molecular weight excluding hydrogens is 283 g/mol. The smallest absolute Gasteiger partial charge is 0.306 e. The van der Waals surface area contributed by atoms with Crippen LogP contribution in [0.5, 0.6) is 0 Å². The van der Waals surface area contributed by atoms with Crippen molar-refractivity contribution in [3.8, 4) is 0 Å². The van der Waals surface area contributed by atoms with E-state index in [1.54, 1.807) is 0 Å². The van der Waals surface area contributed by atoms with Gasteiger partial charge in [0.15, 0.2) is 0 Å². The van der Waals surface area contributed by atoms with Crippen molar-refractivity contribution in [3.63, 3.8) is 0 Å². The van der Waals surface area contributed by atoms with Crippen molar-refractivity contribution in [1.82, 2.24) is 4.90 Å². The molecule has 21 heavy (non-hydrogen) atoms. The highest BCUT2D eigenvalue weighted by molar-refractivity contribution is 5.98. The van der Waals surface area contributed by atoms with Gasteiger partial charge in [-0.25, -0.2) is 4.39 Å². The molecule has 0 unspecified atom stereocenters. The first-order valence-electron chi connectivity index (χ1n) is 6.36. The van der Waals surface area contributed by atoms with Crippen LogP contribution >= 0.6 is 0 Å². The van der Waals surface area contributed by atoms with E-state index >= 15 is 0 Å². The normalized spacial score (nSPS) is 15.8. The molecule has 1 amide bonds. The Bertz CT molecular complexity index is 596. The number of piperidine rings is 1. The Hall–Kier alpha value is -2.51. The van der Waals surface area contributed by atoms with E-state index in [0.717, 1.165) is 18.2 Å². The number of carboxylic acid groups (broad SMARTS) is 1. The molecule has 0 bridgehead atoms. The molecule has 0 atom stereocenters. The van der Waals surface area contributed by atoms with Gasteiger partial charge in [-0.3, -0.25) is 19.7 Å². The van der Waals surface area contributed by atoms with E-state index in [2.05, 4.69) is 0 Å². The number of nitro benzene ring substituents is 1. The van der Waals surface area contributed by atoms with E-state index in [9.17, 15) is 24.1 Å². The number of amides is 1. The number of hydrogen-bond donors (Lipinski definition) is 1. The maximum Gasteiger partial charge on any atom is 0.306 e. The van der Waals surface area contributed by atoms with Gasteiger partial charge in [-0.2, -0.15) is 0 Å². The summed E-state index contributed by atoms with van der Waals surface area (Å²) in [5, 5.41) is 19.8. The molecule has 1 aliphatic heterocycles. The number of nitro groups is 1. The van der Waals surface area contributed by atoms with E-state index in [0.29, 0.717) is 0 Å². The lowest BCUT2D eigenvalue weighted by molar-refractivity contribution is -0.385. The molecule has 112 valence electrons. The summed E-state index contributed by atoms with van der Waals surface area (Å²) >= 11 is 0. The average molecular weight is 296 g/mol. The first-order valence-corrected chi connectivity index (χ1v) is 6.36. The quantitative estimate of drug-likeness (QED) is 0.675. The van der Waals surface area contributed by atoms with Crippen LogP contribution in [0.4, 0.5) is 10.1 Å². The van der Waals surface area contributed by atoms with Crippen molar-refractivity contribution in [2.45, 2.75) is 12.8 Å². The molecule has 1 aromatic rings. The summed E-state index contributed by atoms with van der Waals surface area (Å²) < 4.78 is 13.2. The largest absolute Gasteiger partial charge is 0.481 e. The molecule has 1 fully saturated rings. The Morgan fingerprint density at radius 1 is 1.33 bits per heavy atom. The molecule has 1 aromatic carbocycles. The minimum atomic E-state index is -0.918. The van der Waals surface area contributed by atoms with E-state index < -0.39 is 34.2 Å². The Balaban J connectivity index is 2.20. The first kappa shape index (κ1) is 14.9. The van der Waals surface area contributed by atoms with Crippen molar-refractivity contribution in [1.29, 1.82) is 0 Å². The van der Waals surface area contributed by atoms with Crippen molar-refractivity contribution < 1.29 is 24.0 Å². The summed E-state index contributed by atoms with van der Waals surface area (Å²) in [5.74, 6) is -2.82. The highest BCUT2D eigenvalue weighted by Gasteiger charge is 2.30. The van der Waals surface area contributed by atoms with Gasteiger partial charge in [-0.15, -0.1) is 0 Å². The molecule has 1 N–H and O–H groups in total. The molecule has 2 rings (SSSR count). The maximum absolute atomic E-state index is 13.2.